The molecule has 3 heterocycles. The Hall–Kier alpha value is -2.32. The molecule has 4 aliphatic rings. The molecule has 37 heavy (non-hydrogen) atoms. The van der Waals surface area contributed by atoms with Crippen LogP contribution in [0.4, 0.5) is 4.79 Å². The van der Waals surface area contributed by atoms with Crippen molar-refractivity contribution in [1.82, 2.24) is 14.7 Å². The lowest BCUT2D eigenvalue weighted by molar-refractivity contribution is -0.142. The highest BCUT2D eigenvalue weighted by Crippen LogP contribution is 2.47. The lowest BCUT2D eigenvalue weighted by atomic mass is 9.93. The maximum absolute atomic E-state index is 13.6. The molecule has 8 nitrogen and oxygen atoms in total. The number of hydrogen-bond donors (Lipinski definition) is 0. The van der Waals surface area contributed by atoms with Gasteiger partial charge in [0.1, 0.15) is 6.10 Å². The summed E-state index contributed by atoms with van der Waals surface area (Å²) in [5, 5.41) is 0.653. The van der Waals surface area contributed by atoms with Crippen molar-refractivity contribution in [2.75, 3.05) is 46.4 Å². The number of likely N-dealkylation sites (N-methyl/N-ethyl adjacent to an activating group) is 1. The minimum Gasteiger partial charge on any atom is -0.446 e. The fraction of sp³-hybridized carbons (Fsp3) is 0.679. The van der Waals surface area contributed by atoms with Crippen LogP contribution in [0.5, 0.6) is 0 Å². The van der Waals surface area contributed by atoms with Crippen molar-refractivity contribution < 1.29 is 23.9 Å². The van der Waals surface area contributed by atoms with Crippen LogP contribution in [-0.4, -0.2) is 91.2 Å². The standard InChI is InChI=1S/C28H38ClN3O5/c1-28(11-12-28)26(34)31-13-7-20(8-14-31)25(33)32-17-23(19-3-5-21(29)6-4-19)24(18-32)30(2)27(35)37-22-9-15-36-16-10-22/h3-6,20,22-24H,7-18H2,1-2H3. The highest BCUT2D eigenvalue weighted by Gasteiger charge is 2.48. The molecule has 0 N–H and O–H groups in total. The molecule has 1 aromatic carbocycles. The van der Waals surface area contributed by atoms with Gasteiger partial charge in [0.05, 0.1) is 19.3 Å². The number of hydrogen-bond acceptors (Lipinski definition) is 5. The first-order chi connectivity index (χ1) is 17.7. The number of carbonyl (C=O) groups excluding carboxylic acids is 3. The molecular weight excluding hydrogens is 494 g/mol. The third kappa shape index (κ3) is 5.75. The van der Waals surface area contributed by atoms with Gasteiger partial charge in [0.2, 0.25) is 11.8 Å². The smallest absolute Gasteiger partial charge is 0.410 e. The lowest BCUT2D eigenvalue weighted by Gasteiger charge is -2.34. The van der Waals surface area contributed by atoms with E-state index in [1.54, 1.807) is 11.9 Å². The Morgan fingerprint density at radius 1 is 1.00 bits per heavy atom. The second-order valence-electron chi connectivity index (χ2n) is 11.4. The molecule has 202 valence electrons. The Morgan fingerprint density at radius 2 is 1.65 bits per heavy atom. The summed E-state index contributed by atoms with van der Waals surface area (Å²) in [7, 11) is 1.77. The fourth-order valence-corrected chi connectivity index (χ4v) is 6.05. The van der Waals surface area contributed by atoms with Gasteiger partial charge in [-0.3, -0.25) is 9.59 Å². The van der Waals surface area contributed by atoms with Crippen LogP contribution in [0.1, 0.15) is 56.9 Å². The largest absolute Gasteiger partial charge is 0.446 e. The summed E-state index contributed by atoms with van der Waals surface area (Å²) in [6, 6.07) is 7.47. The van der Waals surface area contributed by atoms with E-state index in [9.17, 15) is 14.4 Å². The minimum atomic E-state index is -0.356. The van der Waals surface area contributed by atoms with E-state index in [1.807, 2.05) is 41.0 Å². The predicted octanol–water partition coefficient (Wildman–Crippen LogP) is 3.92. The van der Waals surface area contributed by atoms with Crippen LogP contribution in [0, 0.1) is 11.3 Å². The normalized spacial score (nSPS) is 26.1. The number of amides is 3. The first-order valence-corrected chi connectivity index (χ1v) is 14.0. The molecule has 1 saturated carbocycles. The van der Waals surface area contributed by atoms with Crippen LogP contribution in [0.25, 0.3) is 0 Å². The lowest BCUT2D eigenvalue weighted by Crippen LogP contribution is -2.47. The highest BCUT2D eigenvalue weighted by atomic mass is 35.5. The molecule has 9 heteroatoms. The van der Waals surface area contributed by atoms with Crippen molar-refractivity contribution in [3.8, 4) is 0 Å². The SMILES string of the molecule is CN(C(=O)OC1CCOCC1)C1CN(C(=O)C2CCN(C(=O)C3(C)CC3)CC2)CC1c1ccc(Cl)cc1. The Labute approximate surface area is 224 Å². The maximum atomic E-state index is 13.6. The van der Waals surface area contributed by atoms with E-state index in [1.165, 1.54) is 0 Å². The van der Waals surface area contributed by atoms with Crippen molar-refractivity contribution in [2.45, 2.75) is 63.5 Å². The van der Waals surface area contributed by atoms with Gasteiger partial charge in [0.15, 0.2) is 0 Å². The van der Waals surface area contributed by atoms with Crippen LogP contribution in [0.15, 0.2) is 24.3 Å². The zero-order valence-electron chi connectivity index (χ0n) is 21.9. The number of benzene rings is 1. The van der Waals surface area contributed by atoms with E-state index >= 15 is 0 Å². The molecule has 1 aliphatic carbocycles. The number of likely N-dealkylation sites (tertiary alicyclic amines) is 2. The zero-order chi connectivity index (χ0) is 26.2. The van der Waals surface area contributed by atoms with Crippen molar-refractivity contribution in [2.24, 2.45) is 11.3 Å². The number of rotatable bonds is 5. The number of halogens is 1. The molecule has 0 spiro atoms. The molecule has 1 aromatic rings. The first kappa shape index (κ1) is 26.3. The van der Waals surface area contributed by atoms with Crippen LogP contribution >= 0.6 is 11.6 Å². The molecular formula is C28H38ClN3O5. The molecule has 3 saturated heterocycles. The van der Waals surface area contributed by atoms with Gasteiger partial charge < -0.3 is 24.2 Å². The summed E-state index contributed by atoms with van der Waals surface area (Å²) in [5.41, 5.74) is 0.878. The Morgan fingerprint density at radius 3 is 2.27 bits per heavy atom. The molecule has 0 bridgehead atoms. The quantitative estimate of drug-likeness (QED) is 0.575. The molecule has 2 unspecified atom stereocenters. The maximum Gasteiger partial charge on any atom is 0.410 e. The summed E-state index contributed by atoms with van der Waals surface area (Å²) in [6.07, 6.45) is 4.23. The molecule has 3 aliphatic heterocycles. The van der Waals surface area contributed by atoms with E-state index in [2.05, 4.69) is 0 Å². The van der Waals surface area contributed by atoms with Crippen LogP contribution in [0.3, 0.4) is 0 Å². The molecule has 4 fully saturated rings. The average molecular weight is 532 g/mol. The van der Waals surface area contributed by atoms with Gasteiger partial charge in [-0.05, 0) is 43.4 Å². The molecule has 2 atom stereocenters. The van der Waals surface area contributed by atoms with Gasteiger partial charge in [-0.15, -0.1) is 0 Å². The topological polar surface area (TPSA) is 79.4 Å². The van der Waals surface area contributed by atoms with E-state index in [0.717, 1.165) is 18.4 Å². The zero-order valence-corrected chi connectivity index (χ0v) is 22.6. The van der Waals surface area contributed by atoms with Crippen LogP contribution < -0.4 is 0 Å². The molecule has 5 rings (SSSR count). The van der Waals surface area contributed by atoms with Gasteiger partial charge in [-0.2, -0.15) is 0 Å². The second-order valence-corrected chi connectivity index (χ2v) is 11.8. The molecule has 0 radical (unpaired) electrons. The van der Waals surface area contributed by atoms with Crippen LogP contribution in [-0.2, 0) is 19.1 Å². The van der Waals surface area contributed by atoms with Crippen molar-refractivity contribution in [1.29, 1.82) is 0 Å². The first-order valence-electron chi connectivity index (χ1n) is 13.6. The number of piperidine rings is 1. The van der Waals surface area contributed by atoms with Gasteiger partial charge in [-0.25, -0.2) is 4.79 Å². The van der Waals surface area contributed by atoms with E-state index in [0.29, 0.717) is 70.1 Å². The number of ether oxygens (including phenoxy) is 2. The Kier molecular flexibility index (Phi) is 7.68. The summed E-state index contributed by atoms with van der Waals surface area (Å²) in [6.45, 7) is 5.52. The molecule has 3 amide bonds. The number of nitrogens with zero attached hydrogens (tertiary/aromatic N) is 3. The third-order valence-electron chi connectivity index (χ3n) is 8.77. The predicted molar refractivity (Wildman–Crippen MR) is 139 cm³/mol. The van der Waals surface area contributed by atoms with Crippen molar-refractivity contribution in [3.63, 3.8) is 0 Å². The highest BCUT2D eigenvalue weighted by molar-refractivity contribution is 6.30. The third-order valence-corrected chi connectivity index (χ3v) is 9.02. The van der Waals surface area contributed by atoms with Crippen LogP contribution in [0.2, 0.25) is 5.02 Å². The van der Waals surface area contributed by atoms with Gasteiger partial charge in [-0.1, -0.05) is 30.7 Å². The summed E-state index contributed by atoms with van der Waals surface area (Å²) in [4.78, 5) is 45.0. The Bertz CT molecular complexity index is 1000. The van der Waals surface area contributed by atoms with Gasteiger partial charge in [0, 0.05) is 68.3 Å². The fourth-order valence-electron chi connectivity index (χ4n) is 5.92. The number of carbonyl (C=O) groups is 3. The minimum absolute atomic E-state index is 0.0371. The molecule has 0 aromatic heterocycles. The van der Waals surface area contributed by atoms with E-state index < -0.39 is 0 Å². The summed E-state index contributed by atoms with van der Waals surface area (Å²) >= 11 is 6.14. The summed E-state index contributed by atoms with van der Waals surface area (Å²) < 4.78 is 11.2. The monoisotopic (exact) mass is 531 g/mol. The second kappa shape index (κ2) is 10.8. The summed E-state index contributed by atoms with van der Waals surface area (Å²) in [5.74, 6) is 0.231. The Balaban J connectivity index is 1.25. The average Bonchev–Trinajstić information content (AvgIpc) is 3.52. The van der Waals surface area contributed by atoms with Crippen molar-refractivity contribution in [3.05, 3.63) is 34.9 Å². The van der Waals surface area contributed by atoms with Gasteiger partial charge >= 0.3 is 6.09 Å². The van der Waals surface area contributed by atoms with E-state index in [4.69, 9.17) is 21.1 Å². The van der Waals surface area contributed by atoms with Crippen molar-refractivity contribution >= 4 is 29.5 Å². The van der Waals surface area contributed by atoms with Gasteiger partial charge in [0.25, 0.3) is 0 Å². The van der Waals surface area contributed by atoms with E-state index in [-0.39, 0.29) is 47.3 Å².